The van der Waals surface area contributed by atoms with Crippen molar-refractivity contribution in [2.24, 2.45) is 0 Å². The molecule has 0 aliphatic heterocycles. The smallest absolute Gasteiger partial charge is 0.0446 e. The van der Waals surface area contributed by atoms with Gasteiger partial charge < -0.3 is 10.4 Å². The number of rotatable bonds is 8. The Balaban J connectivity index is 3.88. The van der Waals surface area contributed by atoms with Gasteiger partial charge in [0.2, 0.25) is 0 Å². The van der Waals surface area contributed by atoms with Gasteiger partial charge in [-0.15, -0.1) is 0 Å². The standard InChI is InChI=1S/C10H24N2O/c1-4-11-9-10(7-8-13)12(5-2)6-3/h10-11,13H,4-9H2,1-3H3. The van der Waals surface area contributed by atoms with E-state index in [4.69, 9.17) is 5.11 Å². The SMILES string of the molecule is CCNCC(CCO)N(CC)CC. The molecule has 0 amide bonds. The molecule has 0 spiro atoms. The maximum Gasteiger partial charge on any atom is 0.0446 e. The molecule has 0 saturated carbocycles. The first-order valence-electron chi connectivity index (χ1n) is 5.35. The van der Waals surface area contributed by atoms with Crippen molar-refractivity contribution in [2.75, 3.05) is 32.8 Å². The zero-order valence-electron chi connectivity index (χ0n) is 9.21. The third kappa shape index (κ3) is 5.24. The average Bonchev–Trinajstić information content (AvgIpc) is 2.16. The highest BCUT2D eigenvalue weighted by Gasteiger charge is 2.13. The molecule has 1 unspecified atom stereocenters. The summed E-state index contributed by atoms with van der Waals surface area (Å²) in [5, 5.41) is 12.3. The molecule has 3 heteroatoms. The van der Waals surface area contributed by atoms with Gasteiger partial charge >= 0.3 is 0 Å². The first-order valence-corrected chi connectivity index (χ1v) is 5.35. The lowest BCUT2D eigenvalue weighted by Gasteiger charge is -2.29. The lowest BCUT2D eigenvalue weighted by molar-refractivity contribution is 0.166. The highest BCUT2D eigenvalue weighted by atomic mass is 16.3. The Bertz CT molecular complexity index is 105. The average molecular weight is 188 g/mol. The minimum absolute atomic E-state index is 0.284. The van der Waals surface area contributed by atoms with Crippen molar-refractivity contribution in [3.05, 3.63) is 0 Å². The molecule has 2 N–H and O–H groups in total. The van der Waals surface area contributed by atoms with E-state index in [0.717, 1.165) is 32.6 Å². The van der Waals surface area contributed by atoms with Gasteiger partial charge in [-0.05, 0) is 26.1 Å². The highest BCUT2D eigenvalue weighted by Crippen LogP contribution is 2.02. The molecule has 0 fully saturated rings. The Morgan fingerprint density at radius 3 is 2.23 bits per heavy atom. The van der Waals surface area contributed by atoms with E-state index in [1.54, 1.807) is 0 Å². The van der Waals surface area contributed by atoms with Gasteiger partial charge in [0, 0.05) is 19.2 Å². The molecule has 0 aliphatic rings. The molecule has 3 nitrogen and oxygen atoms in total. The number of aliphatic hydroxyl groups excluding tert-OH is 1. The largest absolute Gasteiger partial charge is 0.396 e. The molecule has 0 radical (unpaired) electrons. The summed E-state index contributed by atoms with van der Waals surface area (Å²) >= 11 is 0. The van der Waals surface area contributed by atoms with Crippen molar-refractivity contribution in [1.29, 1.82) is 0 Å². The summed E-state index contributed by atoms with van der Waals surface area (Å²) in [5.41, 5.74) is 0. The van der Waals surface area contributed by atoms with Crippen molar-refractivity contribution in [3.8, 4) is 0 Å². The van der Waals surface area contributed by atoms with Crippen molar-refractivity contribution in [1.82, 2.24) is 10.2 Å². The number of hydrogen-bond acceptors (Lipinski definition) is 3. The summed E-state index contributed by atoms with van der Waals surface area (Å²) in [5.74, 6) is 0. The fraction of sp³-hybridized carbons (Fsp3) is 1.00. The van der Waals surface area contributed by atoms with E-state index in [9.17, 15) is 0 Å². The van der Waals surface area contributed by atoms with Crippen LogP contribution in [0, 0.1) is 0 Å². The predicted molar refractivity (Wildman–Crippen MR) is 57.0 cm³/mol. The van der Waals surface area contributed by atoms with E-state index in [1.807, 2.05) is 0 Å². The molecule has 0 aromatic heterocycles. The minimum Gasteiger partial charge on any atom is -0.396 e. The van der Waals surface area contributed by atoms with Crippen molar-refractivity contribution < 1.29 is 5.11 Å². The van der Waals surface area contributed by atoms with Crippen molar-refractivity contribution in [3.63, 3.8) is 0 Å². The van der Waals surface area contributed by atoms with Crippen LogP contribution in [0.3, 0.4) is 0 Å². The number of nitrogens with zero attached hydrogens (tertiary/aromatic N) is 1. The quantitative estimate of drug-likeness (QED) is 0.588. The van der Waals surface area contributed by atoms with Crippen molar-refractivity contribution in [2.45, 2.75) is 33.2 Å². The third-order valence-corrected chi connectivity index (χ3v) is 2.42. The highest BCUT2D eigenvalue weighted by molar-refractivity contribution is 4.71. The Labute approximate surface area is 82.1 Å². The van der Waals surface area contributed by atoms with Gasteiger partial charge in [-0.2, -0.15) is 0 Å². The molecule has 0 bridgehead atoms. The Kier molecular flexibility index (Phi) is 8.40. The molecule has 0 heterocycles. The Morgan fingerprint density at radius 2 is 1.85 bits per heavy atom. The fourth-order valence-corrected chi connectivity index (χ4v) is 1.61. The van der Waals surface area contributed by atoms with Crippen LogP contribution in [-0.4, -0.2) is 48.8 Å². The summed E-state index contributed by atoms with van der Waals surface area (Å²) in [6, 6.07) is 0.486. The lowest BCUT2D eigenvalue weighted by atomic mass is 10.1. The van der Waals surface area contributed by atoms with E-state index >= 15 is 0 Å². The van der Waals surface area contributed by atoms with Gasteiger partial charge in [0.1, 0.15) is 0 Å². The van der Waals surface area contributed by atoms with Crippen LogP contribution >= 0.6 is 0 Å². The van der Waals surface area contributed by atoms with E-state index in [2.05, 4.69) is 31.0 Å². The van der Waals surface area contributed by atoms with Crippen LogP contribution in [0.1, 0.15) is 27.2 Å². The molecule has 0 saturated heterocycles. The summed E-state index contributed by atoms with van der Waals surface area (Å²) in [6.07, 6.45) is 0.870. The number of likely N-dealkylation sites (N-methyl/N-ethyl adjacent to an activating group) is 2. The van der Waals surface area contributed by atoms with Gasteiger partial charge in [-0.3, -0.25) is 4.90 Å². The van der Waals surface area contributed by atoms with E-state index < -0.39 is 0 Å². The minimum atomic E-state index is 0.284. The maximum absolute atomic E-state index is 8.92. The number of hydrogen-bond donors (Lipinski definition) is 2. The first-order chi connectivity index (χ1) is 6.29. The summed E-state index contributed by atoms with van der Waals surface area (Å²) in [7, 11) is 0. The van der Waals surface area contributed by atoms with Crippen LogP contribution in [0.5, 0.6) is 0 Å². The summed E-state index contributed by atoms with van der Waals surface area (Å²) in [4.78, 5) is 2.39. The maximum atomic E-state index is 8.92. The zero-order valence-corrected chi connectivity index (χ0v) is 9.21. The van der Waals surface area contributed by atoms with Gasteiger partial charge in [-0.25, -0.2) is 0 Å². The van der Waals surface area contributed by atoms with E-state index in [1.165, 1.54) is 0 Å². The monoisotopic (exact) mass is 188 g/mol. The molecular weight excluding hydrogens is 164 g/mol. The van der Waals surface area contributed by atoms with Gasteiger partial charge in [0.05, 0.1) is 0 Å². The molecule has 0 aromatic carbocycles. The predicted octanol–water partition coefficient (Wildman–Crippen LogP) is 0.689. The summed E-state index contributed by atoms with van der Waals surface area (Å²) in [6.45, 7) is 10.8. The normalized spacial score (nSPS) is 13.6. The number of aliphatic hydroxyl groups is 1. The molecular formula is C10H24N2O. The molecule has 0 aliphatic carbocycles. The lowest BCUT2D eigenvalue weighted by Crippen LogP contribution is -2.42. The number of nitrogens with one attached hydrogen (secondary N) is 1. The second kappa shape index (κ2) is 8.48. The molecule has 1 atom stereocenters. The first kappa shape index (κ1) is 12.9. The topological polar surface area (TPSA) is 35.5 Å². The van der Waals surface area contributed by atoms with Crippen LogP contribution in [-0.2, 0) is 0 Å². The fourth-order valence-electron chi connectivity index (χ4n) is 1.61. The second-order valence-corrected chi connectivity index (χ2v) is 3.19. The second-order valence-electron chi connectivity index (χ2n) is 3.19. The molecule has 13 heavy (non-hydrogen) atoms. The van der Waals surface area contributed by atoms with Crippen LogP contribution in [0.2, 0.25) is 0 Å². The van der Waals surface area contributed by atoms with Crippen LogP contribution < -0.4 is 5.32 Å². The summed E-state index contributed by atoms with van der Waals surface area (Å²) < 4.78 is 0. The van der Waals surface area contributed by atoms with Gasteiger partial charge in [0.15, 0.2) is 0 Å². The van der Waals surface area contributed by atoms with Gasteiger partial charge in [0.25, 0.3) is 0 Å². The van der Waals surface area contributed by atoms with E-state index in [0.29, 0.717) is 6.04 Å². The van der Waals surface area contributed by atoms with E-state index in [-0.39, 0.29) is 6.61 Å². The molecule has 80 valence electrons. The molecule has 0 aromatic rings. The van der Waals surface area contributed by atoms with Crippen LogP contribution in [0.25, 0.3) is 0 Å². The van der Waals surface area contributed by atoms with Crippen LogP contribution in [0.4, 0.5) is 0 Å². The van der Waals surface area contributed by atoms with Crippen molar-refractivity contribution >= 4 is 0 Å². The third-order valence-electron chi connectivity index (χ3n) is 2.42. The zero-order chi connectivity index (χ0) is 10.1. The Hall–Kier alpha value is -0.120. The molecule has 0 rings (SSSR count). The Morgan fingerprint density at radius 1 is 1.23 bits per heavy atom. The van der Waals surface area contributed by atoms with Gasteiger partial charge in [-0.1, -0.05) is 20.8 Å². The van der Waals surface area contributed by atoms with Crippen LogP contribution in [0.15, 0.2) is 0 Å².